The first kappa shape index (κ1) is 14.6. The van der Waals surface area contributed by atoms with Gasteiger partial charge in [0, 0.05) is 21.2 Å². The van der Waals surface area contributed by atoms with Crippen LogP contribution in [-0.4, -0.2) is 11.8 Å². The maximum absolute atomic E-state index is 13.5. The van der Waals surface area contributed by atoms with Crippen LogP contribution < -0.4 is 5.73 Å². The maximum atomic E-state index is 13.5. The van der Waals surface area contributed by atoms with E-state index < -0.39 is 0 Å². The molecule has 0 fully saturated rings. The third-order valence-electron chi connectivity index (χ3n) is 2.70. The van der Waals surface area contributed by atoms with Gasteiger partial charge in [0.2, 0.25) is 0 Å². The third kappa shape index (κ3) is 4.64. The molecule has 2 aromatic rings. The Morgan fingerprint density at radius 3 is 2.68 bits per heavy atom. The lowest BCUT2D eigenvalue weighted by molar-refractivity contribution is 0.597. The van der Waals surface area contributed by atoms with Gasteiger partial charge in [0.15, 0.2) is 0 Å². The van der Waals surface area contributed by atoms with Crippen LogP contribution in [0.5, 0.6) is 0 Å². The Morgan fingerprint density at radius 2 is 1.95 bits per heavy atom. The zero-order valence-electron chi connectivity index (χ0n) is 10.4. The Kier molecular flexibility index (Phi) is 5.43. The first-order valence-corrected chi connectivity index (χ1v) is 7.80. The summed E-state index contributed by atoms with van der Waals surface area (Å²) in [5, 5.41) is 0. The largest absolute Gasteiger partial charge is 0.327 e. The average molecular weight is 340 g/mol. The smallest absolute Gasteiger partial charge is 0.126 e. The van der Waals surface area contributed by atoms with Gasteiger partial charge in [-0.25, -0.2) is 4.39 Å². The summed E-state index contributed by atoms with van der Waals surface area (Å²) in [5.41, 5.74) is 6.75. The summed E-state index contributed by atoms with van der Waals surface area (Å²) in [7, 11) is 0. The Bertz CT molecular complexity index is 547. The Labute approximate surface area is 125 Å². The van der Waals surface area contributed by atoms with Crippen molar-refractivity contribution in [2.24, 2.45) is 5.73 Å². The molecular formula is C15H15BrFNS. The predicted molar refractivity (Wildman–Crippen MR) is 82.9 cm³/mol. The van der Waals surface area contributed by atoms with Crippen LogP contribution in [0.15, 0.2) is 57.9 Å². The first-order chi connectivity index (χ1) is 9.15. The number of rotatable bonds is 5. The molecular weight excluding hydrogens is 325 g/mol. The van der Waals surface area contributed by atoms with Crippen LogP contribution in [0.25, 0.3) is 0 Å². The molecule has 0 aliphatic rings. The molecule has 2 N–H and O–H groups in total. The topological polar surface area (TPSA) is 26.0 Å². The second-order valence-corrected chi connectivity index (χ2v) is 6.33. The number of hydrogen-bond acceptors (Lipinski definition) is 2. The van der Waals surface area contributed by atoms with Crippen molar-refractivity contribution in [1.82, 2.24) is 0 Å². The Hall–Kier alpha value is -0.840. The molecule has 1 nitrogen and oxygen atoms in total. The standard InChI is InChI=1S/C15H15BrFNS/c16-12-5-3-6-14(9-12)19-10-13(18)8-11-4-1-2-7-15(11)17/h1-7,9,13H,8,10,18H2. The highest BCUT2D eigenvalue weighted by Crippen LogP contribution is 2.23. The van der Waals surface area contributed by atoms with E-state index in [-0.39, 0.29) is 11.9 Å². The lowest BCUT2D eigenvalue weighted by Gasteiger charge is -2.12. The van der Waals surface area contributed by atoms with Crippen LogP contribution in [0.2, 0.25) is 0 Å². The molecule has 19 heavy (non-hydrogen) atoms. The molecule has 0 aliphatic heterocycles. The summed E-state index contributed by atoms with van der Waals surface area (Å²) in [6.45, 7) is 0. The number of thioether (sulfide) groups is 1. The quantitative estimate of drug-likeness (QED) is 0.824. The van der Waals surface area contributed by atoms with Crippen molar-refractivity contribution < 1.29 is 4.39 Å². The normalized spacial score (nSPS) is 12.4. The van der Waals surface area contributed by atoms with Crippen molar-refractivity contribution in [3.8, 4) is 0 Å². The molecule has 1 atom stereocenters. The fourth-order valence-corrected chi connectivity index (χ4v) is 3.23. The molecule has 0 aromatic heterocycles. The van der Waals surface area contributed by atoms with E-state index in [4.69, 9.17) is 5.73 Å². The van der Waals surface area contributed by atoms with Gasteiger partial charge in [0.05, 0.1) is 0 Å². The maximum Gasteiger partial charge on any atom is 0.126 e. The highest BCUT2D eigenvalue weighted by molar-refractivity contribution is 9.10. The van der Waals surface area contributed by atoms with E-state index in [1.54, 1.807) is 23.9 Å². The molecule has 0 spiro atoms. The van der Waals surface area contributed by atoms with Crippen molar-refractivity contribution in [3.05, 3.63) is 64.4 Å². The average Bonchev–Trinajstić information content (AvgIpc) is 2.39. The third-order valence-corrected chi connectivity index (χ3v) is 4.38. The van der Waals surface area contributed by atoms with Gasteiger partial charge in [-0.2, -0.15) is 0 Å². The Morgan fingerprint density at radius 1 is 1.16 bits per heavy atom. The lowest BCUT2D eigenvalue weighted by Crippen LogP contribution is -2.26. The number of halogens is 2. The van der Waals surface area contributed by atoms with Crippen LogP contribution >= 0.6 is 27.7 Å². The fraction of sp³-hybridized carbons (Fsp3) is 0.200. The molecule has 0 saturated carbocycles. The number of hydrogen-bond donors (Lipinski definition) is 1. The molecule has 2 rings (SSSR count). The van der Waals surface area contributed by atoms with Gasteiger partial charge in [-0.3, -0.25) is 0 Å². The summed E-state index contributed by atoms with van der Waals surface area (Å²) in [6.07, 6.45) is 0.563. The molecule has 0 saturated heterocycles. The van der Waals surface area contributed by atoms with Gasteiger partial charge in [-0.15, -0.1) is 11.8 Å². The van der Waals surface area contributed by atoms with Crippen LogP contribution in [0.1, 0.15) is 5.56 Å². The molecule has 0 radical (unpaired) electrons. The van der Waals surface area contributed by atoms with Gasteiger partial charge in [0.1, 0.15) is 5.82 Å². The fourth-order valence-electron chi connectivity index (χ4n) is 1.77. The SMILES string of the molecule is NC(CSc1cccc(Br)c1)Cc1ccccc1F. The van der Waals surface area contributed by atoms with E-state index in [9.17, 15) is 4.39 Å². The minimum Gasteiger partial charge on any atom is -0.327 e. The van der Waals surface area contributed by atoms with E-state index in [0.29, 0.717) is 12.0 Å². The molecule has 4 heteroatoms. The summed E-state index contributed by atoms with van der Waals surface area (Å²) in [4.78, 5) is 1.17. The van der Waals surface area contributed by atoms with Crippen molar-refractivity contribution in [1.29, 1.82) is 0 Å². The van der Waals surface area contributed by atoms with E-state index in [1.165, 1.54) is 11.0 Å². The highest BCUT2D eigenvalue weighted by Gasteiger charge is 2.08. The van der Waals surface area contributed by atoms with Crippen molar-refractivity contribution in [2.75, 3.05) is 5.75 Å². The van der Waals surface area contributed by atoms with Crippen LogP contribution in [0.4, 0.5) is 4.39 Å². The lowest BCUT2D eigenvalue weighted by atomic mass is 10.1. The van der Waals surface area contributed by atoms with E-state index in [1.807, 2.05) is 24.3 Å². The zero-order chi connectivity index (χ0) is 13.7. The second-order valence-electron chi connectivity index (χ2n) is 4.32. The summed E-state index contributed by atoms with van der Waals surface area (Å²) in [5.74, 6) is 0.593. The van der Waals surface area contributed by atoms with Gasteiger partial charge in [0.25, 0.3) is 0 Å². The van der Waals surface area contributed by atoms with E-state index >= 15 is 0 Å². The molecule has 0 heterocycles. The van der Waals surface area contributed by atoms with Crippen LogP contribution in [0, 0.1) is 5.82 Å². The number of nitrogens with two attached hydrogens (primary N) is 1. The van der Waals surface area contributed by atoms with E-state index in [2.05, 4.69) is 22.0 Å². The zero-order valence-corrected chi connectivity index (χ0v) is 12.8. The molecule has 100 valence electrons. The molecule has 0 amide bonds. The van der Waals surface area contributed by atoms with Gasteiger partial charge in [-0.1, -0.05) is 40.2 Å². The van der Waals surface area contributed by atoms with Crippen molar-refractivity contribution in [2.45, 2.75) is 17.4 Å². The summed E-state index contributed by atoms with van der Waals surface area (Å²) in [6, 6.07) is 14.8. The van der Waals surface area contributed by atoms with Crippen LogP contribution in [0.3, 0.4) is 0 Å². The van der Waals surface area contributed by atoms with E-state index in [0.717, 1.165) is 10.2 Å². The second kappa shape index (κ2) is 7.08. The van der Waals surface area contributed by atoms with Crippen molar-refractivity contribution >= 4 is 27.7 Å². The molecule has 2 aromatic carbocycles. The van der Waals surface area contributed by atoms with Crippen molar-refractivity contribution in [3.63, 3.8) is 0 Å². The first-order valence-electron chi connectivity index (χ1n) is 6.02. The summed E-state index contributed by atoms with van der Waals surface area (Å²) >= 11 is 5.13. The molecule has 0 aliphatic carbocycles. The predicted octanol–water partition coefficient (Wildman–Crippen LogP) is 4.25. The van der Waals surface area contributed by atoms with Gasteiger partial charge < -0.3 is 5.73 Å². The summed E-state index contributed by atoms with van der Waals surface area (Å²) < 4.78 is 14.6. The Balaban J connectivity index is 1.88. The highest BCUT2D eigenvalue weighted by atomic mass is 79.9. The molecule has 0 bridgehead atoms. The number of benzene rings is 2. The minimum atomic E-state index is -0.176. The molecule has 1 unspecified atom stereocenters. The monoisotopic (exact) mass is 339 g/mol. The van der Waals surface area contributed by atoms with Gasteiger partial charge in [-0.05, 0) is 36.2 Å². The van der Waals surface area contributed by atoms with Crippen LogP contribution in [-0.2, 0) is 6.42 Å². The minimum absolute atomic E-state index is 0.0547. The van der Waals surface area contributed by atoms with Gasteiger partial charge >= 0.3 is 0 Å².